The van der Waals surface area contributed by atoms with Crippen LogP contribution in [0, 0.1) is 0 Å². The summed E-state index contributed by atoms with van der Waals surface area (Å²) in [7, 11) is 0. The Labute approximate surface area is 63.1 Å². The van der Waals surface area contributed by atoms with Gasteiger partial charge in [0.05, 0.1) is 5.69 Å². The van der Waals surface area contributed by atoms with E-state index in [1.54, 1.807) is 0 Å². The SMILES string of the molecule is OC(O)c1n[nH]c2c1CNC2. The lowest BCUT2D eigenvalue weighted by Gasteiger charge is -1.99. The normalized spacial score (nSPS) is 15.9. The number of fused-ring (bicyclic) bond motifs is 1. The molecule has 0 radical (unpaired) electrons. The zero-order valence-electron chi connectivity index (χ0n) is 5.83. The molecule has 2 heterocycles. The molecule has 0 amide bonds. The molecule has 0 spiro atoms. The van der Waals surface area contributed by atoms with Crippen molar-refractivity contribution in [2.45, 2.75) is 19.4 Å². The van der Waals surface area contributed by atoms with Crippen molar-refractivity contribution in [3.05, 3.63) is 17.0 Å². The molecule has 0 bridgehead atoms. The van der Waals surface area contributed by atoms with Crippen LogP contribution in [0.15, 0.2) is 0 Å². The topological polar surface area (TPSA) is 81.2 Å². The van der Waals surface area contributed by atoms with E-state index in [0.29, 0.717) is 12.2 Å². The van der Waals surface area contributed by atoms with Crippen LogP contribution in [0.3, 0.4) is 0 Å². The second-order valence-corrected chi connectivity index (χ2v) is 2.54. The van der Waals surface area contributed by atoms with Crippen LogP contribution in [0.25, 0.3) is 0 Å². The van der Waals surface area contributed by atoms with E-state index in [0.717, 1.165) is 17.8 Å². The fourth-order valence-corrected chi connectivity index (χ4v) is 1.29. The van der Waals surface area contributed by atoms with Gasteiger partial charge in [0.2, 0.25) is 0 Å². The van der Waals surface area contributed by atoms with Crippen LogP contribution in [0.1, 0.15) is 23.2 Å². The monoisotopic (exact) mass is 155 g/mol. The van der Waals surface area contributed by atoms with E-state index in [4.69, 9.17) is 10.2 Å². The first-order chi connectivity index (χ1) is 5.29. The highest BCUT2D eigenvalue weighted by Crippen LogP contribution is 2.20. The van der Waals surface area contributed by atoms with Gasteiger partial charge in [-0.05, 0) is 0 Å². The van der Waals surface area contributed by atoms with E-state index >= 15 is 0 Å². The minimum absolute atomic E-state index is 0.338. The molecule has 1 aliphatic heterocycles. The van der Waals surface area contributed by atoms with E-state index in [1.807, 2.05) is 0 Å². The fraction of sp³-hybridized carbons (Fsp3) is 0.500. The Morgan fingerprint density at radius 2 is 2.18 bits per heavy atom. The molecular weight excluding hydrogens is 146 g/mol. The summed E-state index contributed by atoms with van der Waals surface area (Å²) >= 11 is 0. The molecule has 1 aromatic heterocycles. The molecule has 0 aliphatic carbocycles. The minimum atomic E-state index is -1.46. The number of nitrogens with one attached hydrogen (secondary N) is 2. The Morgan fingerprint density at radius 1 is 1.36 bits per heavy atom. The summed E-state index contributed by atoms with van der Waals surface area (Å²) in [4.78, 5) is 0. The molecule has 1 aromatic rings. The Morgan fingerprint density at radius 3 is 2.91 bits per heavy atom. The standard InChI is InChI=1S/C6H9N3O2/c10-6(11)5-3-1-7-2-4(3)8-9-5/h6-7,10-11H,1-2H2,(H,8,9). The number of nitrogens with zero attached hydrogens (tertiary/aromatic N) is 1. The first-order valence-corrected chi connectivity index (χ1v) is 3.42. The minimum Gasteiger partial charge on any atom is -0.363 e. The maximum atomic E-state index is 8.82. The highest BCUT2D eigenvalue weighted by atomic mass is 16.5. The fourth-order valence-electron chi connectivity index (χ4n) is 1.29. The number of aromatic nitrogens is 2. The van der Waals surface area contributed by atoms with E-state index < -0.39 is 6.29 Å². The second kappa shape index (κ2) is 2.30. The van der Waals surface area contributed by atoms with Crippen molar-refractivity contribution in [3.8, 4) is 0 Å². The third-order valence-electron chi connectivity index (χ3n) is 1.83. The van der Waals surface area contributed by atoms with Crippen molar-refractivity contribution in [2.24, 2.45) is 0 Å². The maximum absolute atomic E-state index is 8.82. The van der Waals surface area contributed by atoms with Gasteiger partial charge in [-0.15, -0.1) is 0 Å². The lowest BCUT2D eigenvalue weighted by Crippen LogP contribution is -2.05. The van der Waals surface area contributed by atoms with Gasteiger partial charge in [-0.25, -0.2) is 0 Å². The first-order valence-electron chi connectivity index (χ1n) is 3.42. The van der Waals surface area contributed by atoms with Gasteiger partial charge in [0.25, 0.3) is 0 Å². The van der Waals surface area contributed by atoms with E-state index in [1.165, 1.54) is 0 Å². The van der Waals surface area contributed by atoms with E-state index in [-0.39, 0.29) is 0 Å². The van der Waals surface area contributed by atoms with Gasteiger partial charge in [-0.3, -0.25) is 5.10 Å². The number of aliphatic hydroxyl groups excluding tert-OH is 1. The van der Waals surface area contributed by atoms with Crippen LogP contribution in [0.5, 0.6) is 0 Å². The highest BCUT2D eigenvalue weighted by Gasteiger charge is 2.21. The number of aliphatic hydroxyl groups is 2. The number of hydrogen-bond acceptors (Lipinski definition) is 4. The van der Waals surface area contributed by atoms with Crippen molar-refractivity contribution >= 4 is 0 Å². The summed E-state index contributed by atoms with van der Waals surface area (Å²) in [6, 6.07) is 0. The molecule has 60 valence electrons. The number of hydrogen-bond donors (Lipinski definition) is 4. The molecule has 0 unspecified atom stereocenters. The van der Waals surface area contributed by atoms with Gasteiger partial charge >= 0.3 is 0 Å². The van der Waals surface area contributed by atoms with E-state index in [2.05, 4.69) is 15.5 Å². The quantitative estimate of drug-likeness (QED) is 0.392. The summed E-state index contributed by atoms with van der Waals surface area (Å²) in [6.07, 6.45) is -1.46. The molecule has 2 rings (SSSR count). The van der Waals surface area contributed by atoms with Crippen LogP contribution in [-0.2, 0) is 13.1 Å². The van der Waals surface area contributed by atoms with Crippen molar-refractivity contribution < 1.29 is 10.2 Å². The van der Waals surface area contributed by atoms with Gasteiger partial charge in [0.15, 0.2) is 6.29 Å². The average Bonchev–Trinajstić information content (AvgIpc) is 2.41. The smallest absolute Gasteiger partial charge is 0.198 e. The van der Waals surface area contributed by atoms with Crippen molar-refractivity contribution in [2.75, 3.05) is 0 Å². The Bertz CT molecular complexity index is 269. The Balaban J connectivity index is 2.42. The van der Waals surface area contributed by atoms with Crippen LogP contribution in [0.4, 0.5) is 0 Å². The number of aromatic amines is 1. The molecule has 1 aliphatic rings. The molecule has 0 fully saturated rings. The summed E-state index contributed by atoms with van der Waals surface area (Å²) in [5.41, 5.74) is 2.18. The number of rotatable bonds is 1. The molecule has 5 heteroatoms. The van der Waals surface area contributed by atoms with Crippen molar-refractivity contribution in [1.29, 1.82) is 0 Å². The predicted octanol–water partition coefficient (Wildman–Crippen LogP) is -1.00. The highest BCUT2D eigenvalue weighted by molar-refractivity contribution is 5.28. The zero-order valence-corrected chi connectivity index (χ0v) is 5.83. The molecule has 0 aromatic carbocycles. The van der Waals surface area contributed by atoms with Gasteiger partial charge in [0, 0.05) is 18.7 Å². The largest absolute Gasteiger partial charge is 0.363 e. The first kappa shape index (κ1) is 6.78. The third kappa shape index (κ3) is 0.936. The molecule has 5 nitrogen and oxygen atoms in total. The van der Waals surface area contributed by atoms with Gasteiger partial charge < -0.3 is 15.5 Å². The van der Waals surface area contributed by atoms with Crippen molar-refractivity contribution in [3.63, 3.8) is 0 Å². The number of H-pyrrole nitrogens is 1. The zero-order chi connectivity index (χ0) is 7.84. The summed E-state index contributed by atoms with van der Waals surface area (Å²) < 4.78 is 0. The van der Waals surface area contributed by atoms with Crippen LogP contribution < -0.4 is 5.32 Å². The lowest BCUT2D eigenvalue weighted by atomic mass is 10.2. The Kier molecular flexibility index (Phi) is 1.42. The van der Waals surface area contributed by atoms with Gasteiger partial charge in [0.1, 0.15) is 5.69 Å². The van der Waals surface area contributed by atoms with E-state index in [9.17, 15) is 0 Å². The lowest BCUT2D eigenvalue weighted by molar-refractivity contribution is -0.0464. The maximum Gasteiger partial charge on any atom is 0.198 e. The average molecular weight is 155 g/mol. The molecule has 11 heavy (non-hydrogen) atoms. The van der Waals surface area contributed by atoms with Crippen molar-refractivity contribution in [1.82, 2.24) is 15.5 Å². The summed E-state index contributed by atoms with van der Waals surface area (Å²) in [5.74, 6) is 0. The predicted molar refractivity (Wildman–Crippen MR) is 36.3 cm³/mol. The molecule has 0 saturated heterocycles. The molecule has 0 saturated carbocycles. The van der Waals surface area contributed by atoms with Crippen LogP contribution in [0.2, 0.25) is 0 Å². The second-order valence-electron chi connectivity index (χ2n) is 2.54. The summed E-state index contributed by atoms with van der Waals surface area (Å²) in [6.45, 7) is 1.40. The molecule has 0 atom stereocenters. The van der Waals surface area contributed by atoms with Gasteiger partial charge in [-0.1, -0.05) is 0 Å². The van der Waals surface area contributed by atoms with Gasteiger partial charge in [-0.2, -0.15) is 5.10 Å². The molecule has 4 N–H and O–H groups in total. The molecular formula is C6H9N3O2. The summed E-state index contributed by atoms with van der Waals surface area (Å²) in [5, 5.41) is 27.2. The Hall–Kier alpha value is -0.910. The van der Waals surface area contributed by atoms with Crippen LogP contribution in [-0.4, -0.2) is 20.4 Å². The van der Waals surface area contributed by atoms with Crippen LogP contribution >= 0.6 is 0 Å². The third-order valence-corrected chi connectivity index (χ3v) is 1.83.